The van der Waals surface area contributed by atoms with Gasteiger partial charge in [0.1, 0.15) is 10.6 Å². The lowest BCUT2D eigenvalue weighted by molar-refractivity contribution is -0.115. The van der Waals surface area contributed by atoms with Crippen LogP contribution in [0.4, 0.5) is 5.00 Å². The van der Waals surface area contributed by atoms with Crippen LogP contribution in [0.25, 0.3) is 10.1 Å². The van der Waals surface area contributed by atoms with Crippen molar-refractivity contribution in [1.29, 1.82) is 0 Å². The van der Waals surface area contributed by atoms with Gasteiger partial charge in [-0.2, -0.15) is 0 Å². The van der Waals surface area contributed by atoms with Gasteiger partial charge in [-0.05, 0) is 36.4 Å². The Kier molecular flexibility index (Phi) is 6.53. The molecule has 4 nitrogen and oxygen atoms in total. The Morgan fingerprint density at radius 3 is 2.52 bits per heavy atom. The second-order valence-corrected chi connectivity index (χ2v) is 8.21. The number of fused-ring (bicyclic) bond motifs is 1. The van der Waals surface area contributed by atoms with Crippen LogP contribution in [0.15, 0.2) is 53.4 Å². The molecule has 2 aromatic carbocycles. The molecule has 1 amide bonds. The Bertz CT molecular complexity index is 948. The van der Waals surface area contributed by atoms with Crippen molar-refractivity contribution < 1.29 is 14.3 Å². The number of hydrogen-bond acceptors (Lipinski definition) is 5. The molecule has 0 saturated carbocycles. The summed E-state index contributed by atoms with van der Waals surface area (Å²) < 4.78 is 6.13. The monoisotopic (exact) mass is 399 g/mol. The van der Waals surface area contributed by atoms with Crippen molar-refractivity contribution in [3.05, 3.63) is 59.7 Å². The maximum absolute atomic E-state index is 12.5. The summed E-state index contributed by atoms with van der Waals surface area (Å²) in [5.74, 6) is 0.455. The largest absolute Gasteiger partial charge is 0.462 e. The Balaban J connectivity index is 1.79. The molecule has 0 aliphatic heterocycles. The van der Waals surface area contributed by atoms with Gasteiger partial charge in [-0.15, -0.1) is 23.1 Å². The molecule has 3 aromatic rings. The molecule has 27 heavy (non-hydrogen) atoms. The van der Waals surface area contributed by atoms with Crippen molar-refractivity contribution >= 4 is 50.1 Å². The molecule has 3 rings (SSSR count). The SMILES string of the molecule is CCOC(=O)c1c(NC(=O)Cc2ccc(SCC)cc2)sc2ccccc12. The van der Waals surface area contributed by atoms with E-state index in [1.165, 1.54) is 16.2 Å². The van der Waals surface area contributed by atoms with E-state index in [9.17, 15) is 9.59 Å². The zero-order chi connectivity index (χ0) is 19.2. The number of hydrogen-bond donors (Lipinski definition) is 1. The van der Waals surface area contributed by atoms with Gasteiger partial charge in [0.05, 0.1) is 13.0 Å². The lowest BCUT2D eigenvalue weighted by Gasteiger charge is -2.07. The molecule has 1 N–H and O–H groups in total. The van der Waals surface area contributed by atoms with Gasteiger partial charge < -0.3 is 10.1 Å². The van der Waals surface area contributed by atoms with Crippen LogP contribution in [0.3, 0.4) is 0 Å². The molecule has 0 radical (unpaired) electrons. The van der Waals surface area contributed by atoms with E-state index in [-0.39, 0.29) is 12.3 Å². The number of nitrogens with one attached hydrogen (secondary N) is 1. The highest BCUT2D eigenvalue weighted by Gasteiger charge is 2.21. The minimum Gasteiger partial charge on any atom is -0.462 e. The van der Waals surface area contributed by atoms with Gasteiger partial charge in [0.25, 0.3) is 0 Å². The predicted octanol–water partition coefficient (Wildman–Crippen LogP) is 5.37. The Hall–Kier alpha value is -2.31. The van der Waals surface area contributed by atoms with Crippen LogP contribution in [0.5, 0.6) is 0 Å². The average Bonchev–Trinajstić information content (AvgIpc) is 3.01. The first-order chi connectivity index (χ1) is 13.1. The second-order valence-electron chi connectivity index (χ2n) is 5.82. The molecule has 0 bridgehead atoms. The number of amides is 1. The molecular formula is C21H21NO3S2. The zero-order valence-corrected chi connectivity index (χ0v) is 16.9. The van der Waals surface area contributed by atoms with Gasteiger partial charge >= 0.3 is 5.97 Å². The number of carbonyl (C=O) groups excluding carboxylic acids is 2. The summed E-state index contributed by atoms with van der Waals surface area (Å²) >= 11 is 3.16. The number of benzene rings is 2. The standard InChI is InChI=1S/C21H21NO3S2/c1-3-25-21(24)19-16-7-5-6-8-17(16)27-20(19)22-18(23)13-14-9-11-15(12-10-14)26-4-2/h5-12H,3-4,13H2,1-2H3,(H,22,23). The van der Waals surface area contributed by atoms with E-state index in [0.29, 0.717) is 17.2 Å². The van der Waals surface area contributed by atoms with Gasteiger partial charge in [0.15, 0.2) is 0 Å². The summed E-state index contributed by atoms with van der Waals surface area (Å²) in [5, 5.41) is 4.24. The molecule has 0 unspecified atom stereocenters. The third kappa shape index (κ3) is 4.70. The van der Waals surface area contributed by atoms with E-state index < -0.39 is 5.97 Å². The van der Waals surface area contributed by atoms with E-state index >= 15 is 0 Å². The van der Waals surface area contributed by atoms with E-state index in [4.69, 9.17) is 4.74 Å². The first-order valence-corrected chi connectivity index (χ1v) is 10.6. The molecule has 140 valence electrons. The Labute approximate surface area is 166 Å². The molecule has 0 aliphatic carbocycles. The quantitative estimate of drug-likeness (QED) is 0.429. The van der Waals surface area contributed by atoms with E-state index in [2.05, 4.69) is 12.2 Å². The number of carbonyl (C=O) groups is 2. The molecule has 6 heteroatoms. The zero-order valence-electron chi connectivity index (χ0n) is 15.3. The van der Waals surface area contributed by atoms with Crippen LogP contribution < -0.4 is 5.32 Å². The Morgan fingerprint density at radius 2 is 1.81 bits per heavy atom. The van der Waals surface area contributed by atoms with Crippen LogP contribution >= 0.6 is 23.1 Å². The van der Waals surface area contributed by atoms with Crippen molar-refractivity contribution in [3.63, 3.8) is 0 Å². The normalized spacial score (nSPS) is 10.7. The van der Waals surface area contributed by atoms with E-state index in [0.717, 1.165) is 21.4 Å². The minimum absolute atomic E-state index is 0.150. The van der Waals surface area contributed by atoms with E-state index in [1.807, 2.05) is 48.5 Å². The lowest BCUT2D eigenvalue weighted by atomic mass is 10.1. The molecule has 0 spiro atoms. The molecule has 0 atom stereocenters. The van der Waals surface area contributed by atoms with Crippen molar-refractivity contribution in [2.75, 3.05) is 17.7 Å². The number of rotatable bonds is 7. The number of thioether (sulfide) groups is 1. The third-order valence-electron chi connectivity index (χ3n) is 3.93. The number of anilines is 1. The summed E-state index contributed by atoms with van der Waals surface area (Å²) in [7, 11) is 0. The first-order valence-electron chi connectivity index (χ1n) is 8.82. The molecule has 1 heterocycles. The van der Waals surface area contributed by atoms with Crippen molar-refractivity contribution in [2.45, 2.75) is 25.2 Å². The van der Waals surface area contributed by atoms with Crippen molar-refractivity contribution in [2.24, 2.45) is 0 Å². The van der Waals surface area contributed by atoms with Crippen LogP contribution in [0.1, 0.15) is 29.8 Å². The van der Waals surface area contributed by atoms with Gasteiger partial charge in [-0.3, -0.25) is 4.79 Å². The fourth-order valence-corrected chi connectivity index (χ4v) is 4.53. The maximum atomic E-state index is 12.5. The molecule has 0 aliphatic rings. The maximum Gasteiger partial charge on any atom is 0.341 e. The number of esters is 1. The van der Waals surface area contributed by atoms with Crippen molar-refractivity contribution in [1.82, 2.24) is 0 Å². The van der Waals surface area contributed by atoms with Gasteiger partial charge in [-0.1, -0.05) is 37.3 Å². The highest BCUT2D eigenvalue weighted by Crippen LogP contribution is 2.36. The van der Waals surface area contributed by atoms with E-state index in [1.54, 1.807) is 18.7 Å². The van der Waals surface area contributed by atoms with Crippen LogP contribution in [-0.2, 0) is 16.0 Å². The number of thiophene rings is 1. The third-order valence-corrected chi connectivity index (χ3v) is 5.91. The summed E-state index contributed by atoms with van der Waals surface area (Å²) in [6, 6.07) is 15.6. The highest BCUT2D eigenvalue weighted by atomic mass is 32.2. The molecular weight excluding hydrogens is 378 g/mol. The van der Waals surface area contributed by atoms with Crippen molar-refractivity contribution in [3.8, 4) is 0 Å². The molecule has 0 fully saturated rings. The number of ether oxygens (including phenoxy) is 1. The fourth-order valence-electron chi connectivity index (χ4n) is 2.77. The average molecular weight is 400 g/mol. The minimum atomic E-state index is -0.411. The summed E-state index contributed by atoms with van der Waals surface area (Å²) in [4.78, 5) is 26.1. The first kappa shape index (κ1) is 19.5. The second kappa shape index (κ2) is 9.06. The van der Waals surface area contributed by atoms with Gasteiger partial charge in [0, 0.05) is 15.0 Å². The summed E-state index contributed by atoms with van der Waals surface area (Å²) in [6.45, 7) is 4.17. The predicted molar refractivity (Wildman–Crippen MR) is 113 cm³/mol. The lowest BCUT2D eigenvalue weighted by Crippen LogP contribution is -2.16. The van der Waals surface area contributed by atoms with Crippen LogP contribution in [-0.4, -0.2) is 24.2 Å². The van der Waals surface area contributed by atoms with Gasteiger partial charge in [0.2, 0.25) is 5.91 Å². The van der Waals surface area contributed by atoms with Crippen LogP contribution in [0, 0.1) is 0 Å². The smallest absolute Gasteiger partial charge is 0.341 e. The molecule has 1 aromatic heterocycles. The summed E-state index contributed by atoms with van der Waals surface area (Å²) in [5.41, 5.74) is 1.37. The Morgan fingerprint density at radius 1 is 1.07 bits per heavy atom. The highest BCUT2D eigenvalue weighted by molar-refractivity contribution is 7.99. The van der Waals surface area contributed by atoms with Gasteiger partial charge in [-0.25, -0.2) is 4.79 Å². The fraction of sp³-hybridized carbons (Fsp3) is 0.238. The summed E-state index contributed by atoms with van der Waals surface area (Å²) in [6.07, 6.45) is 0.258. The van der Waals surface area contributed by atoms with Crippen LogP contribution in [0.2, 0.25) is 0 Å². The molecule has 0 saturated heterocycles. The topological polar surface area (TPSA) is 55.4 Å².